The Bertz CT molecular complexity index is 718. The number of nitrogens with zero attached hydrogens (tertiary/aromatic N) is 1. The highest BCUT2D eigenvalue weighted by atomic mass is 32.2. The first kappa shape index (κ1) is 18.7. The van der Waals surface area contributed by atoms with Crippen LogP contribution in [0.5, 0.6) is 5.75 Å². The summed E-state index contributed by atoms with van der Waals surface area (Å²) < 4.78 is 31.6. The van der Waals surface area contributed by atoms with Gasteiger partial charge in [0, 0.05) is 12.1 Å². The Balaban J connectivity index is 2.27. The minimum Gasteiger partial charge on any atom is -0.481 e. The summed E-state index contributed by atoms with van der Waals surface area (Å²) in [6, 6.07) is 4.60. The molecule has 2 rings (SSSR count). The van der Waals surface area contributed by atoms with Crippen molar-refractivity contribution in [3.8, 4) is 5.75 Å². The summed E-state index contributed by atoms with van der Waals surface area (Å²) in [4.78, 5) is 4.34. The van der Waals surface area contributed by atoms with Gasteiger partial charge in [-0.1, -0.05) is 25.8 Å². The van der Waals surface area contributed by atoms with E-state index in [2.05, 4.69) is 16.6 Å². The van der Waals surface area contributed by atoms with Crippen molar-refractivity contribution >= 4 is 21.5 Å². The summed E-state index contributed by atoms with van der Waals surface area (Å²) in [5.74, 6) is 1.05. The highest BCUT2D eigenvalue weighted by Gasteiger charge is 2.25. The number of aliphatic imine (C=N–C) groups is 1. The van der Waals surface area contributed by atoms with Gasteiger partial charge in [0.1, 0.15) is 17.3 Å². The van der Waals surface area contributed by atoms with Crippen molar-refractivity contribution in [3.63, 3.8) is 0 Å². The van der Waals surface area contributed by atoms with Crippen LogP contribution in [0.25, 0.3) is 0 Å². The average Bonchev–Trinajstić information content (AvgIpc) is 2.50. The van der Waals surface area contributed by atoms with Crippen molar-refractivity contribution in [2.24, 2.45) is 16.5 Å². The molecule has 5 N–H and O–H groups in total. The van der Waals surface area contributed by atoms with Gasteiger partial charge in [0.15, 0.2) is 6.10 Å². The largest absolute Gasteiger partial charge is 0.481 e. The molecule has 0 bridgehead atoms. The Morgan fingerprint density at radius 3 is 2.75 bits per heavy atom. The minimum atomic E-state index is -3.34. The maximum absolute atomic E-state index is 11.6. The number of sulfonamides is 1. The lowest BCUT2D eigenvalue weighted by atomic mass is 9.96. The number of hydrogen-bond donors (Lipinski definition) is 3. The van der Waals surface area contributed by atoms with Crippen LogP contribution in [0.3, 0.4) is 0 Å². The Hall–Kier alpha value is -1.64. The number of fused-ring (bicyclic) bond motifs is 1. The van der Waals surface area contributed by atoms with Gasteiger partial charge in [-0.2, -0.15) is 0 Å². The lowest BCUT2D eigenvalue weighted by molar-refractivity contribution is 0.281. The third kappa shape index (κ3) is 4.68. The van der Waals surface area contributed by atoms with Crippen LogP contribution in [-0.2, 0) is 10.0 Å². The second-order valence-corrected chi connectivity index (χ2v) is 7.97. The van der Waals surface area contributed by atoms with Gasteiger partial charge < -0.3 is 16.2 Å². The number of hydrogen-bond acceptors (Lipinski definition) is 6. The molecule has 0 amide bonds. The van der Waals surface area contributed by atoms with Crippen molar-refractivity contribution in [2.75, 3.05) is 6.26 Å². The van der Waals surface area contributed by atoms with Crippen LogP contribution < -0.4 is 20.9 Å². The van der Waals surface area contributed by atoms with Crippen LogP contribution in [0.2, 0.25) is 0 Å². The summed E-state index contributed by atoms with van der Waals surface area (Å²) in [5.41, 5.74) is 13.6. The first-order valence-electron chi connectivity index (χ1n) is 8.08. The van der Waals surface area contributed by atoms with Crippen molar-refractivity contribution in [3.05, 3.63) is 23.8 Å². The molecule has 1 aliphatic rings. The fourth-order valence-electron chi connectivity index (χ4n) is 2.65. The molecule has 134 valence electrons. The zero-order chi connectivity index (χ0) is 17.9. The van der Waals surface area contributed by atoms with E-state index in [1.807, 2.05) is 19.1 Å². The van der Waals surface area contributed by atoms with Crippen molar-refractivity contribution in [1.82, 2.24) is 4.72 Å². The standard InChI is InChI=1S/C16H26N4O3S/c1-4-5-6-12(20-24(3,21)22)15(17)11-7-8-14-13(9-11)19-16(18)10(2)23-14/h7-10,12,15,20H,4-6,17H2,1-3H3,(H2,18,19). The predicted octanol–water partition coefficient (Wildman–Crippen LogP) is 1.56. The Labute approximate surface area is 143 Å². The number of rotatable bonds is 7. The topological polar surface area (TPSA) is 120 Å². The molecule has 0 radical (unpaired) electrons. The number of unbranched alkanes of at least 4 members (excludes halogenated alkanes) is 1. The molecular weight excluding hydrogens is 328 g/mol. The number of benzene rings is 1. The van der Waals surface area contributed by atoms with Crippen LogP contribution >= 0.6 is 0 Å². The van der Waals surface area contributed by atoms with Crippen LogP contribution in [0.15, 0.2) is 23.2 Å². The number of nitrogens with one attached hydrogen (secondary N) is 1. The Morgan fingerprint density at radius 1 is 1.42 bits per heavy atom. The highest BCUT2D eigenvalue weighted by Crippen LogP contribution is 2.34. The predicted molar refractivity (Wildman–Crippen MR) is 96.0 cm³/mol. The zero-order valence-corrected chi connectivity index (χ0v) is 15.1. The lowest BCUT2D eigenvalue weighted by Gasteiger charge is -2.26. The second-order valence-electron chi connectivity index (χ2n) is 6.19. The normalized spacial score (nSPS) is 19.8. The number of amidine groups is 1. The van der Waals surface area contributed by atoms with Gasteiger partial charge in [-0.3, -0.25) is 0 Å². The van der Waals surface area contributed by atoms with Gasteiger partial charge in [0.25, 0.3) is 0 Å². The molecule has 7 nitrogen and oxygen atoms in total. The Kier molecular flexibility index (Phi) is 5.84. The first-order valence-corrected chi connectivity index (χ1v) is 9.98. The summed E-state index contributed by atoms with van der Waals surface area (Å²) in [5, 5.41) is 0. The van der Waals surface area contributed by atoms with E-state index in [1.165, 1.54) is 0 Å². The monoisotopic (exact) mass is 354 g/mol. The summed E-state index contributed by atoms with van der Waals surface area (Å²) in [7, 11) is -3.34. The molecule has 0 aliphatic carbocycles. The molecule has 0 saturated carbocycles. The molecule has 0 aromatic heterocycles. The molecule has 1 aliphatic heterocycles. The van der Waals surface area contributed by atoms with Crippen molar-refractivity contribution in [2.45, 2.75) is 51.3 Å². The fourth-order valence-corrected chi connectivity index (χ4v) is 3.47. The lowest BCUT2D eigenvalue weighted by Crippen LogP contribution is -2.42. The quantitative estimate of drug-likeness (QED) is 0.686. The molecule has 8 heteroatoms. The maximum Gasteiger partial charge on any atom is 0.209 e. The van der Waals surface area contributed by atoms with Crippen molar-refractivity contribution < 1.29 is 13.2 Å². The molecule has 3 atom stereocenters. The van der Waals surface area contributed by atoms with Gasteiger partial charge in [0.05, 0.1) is 6.26 Å². The highest BCUT2D eigenvalue weighted by molar-refractivity contribution is 7.88. The molecule has 1 aromatic rings. The fraction of sp³-hybridized carbons (Fsp3) is 0.562. The van der Waals surface area contributed by atoms with Crippen LogP contribution in [0.1, 0.15) is 44.7 Å². The molecule has 1 aromatic carbocycles. The smallest absolute Gasteiger partial charge is 0.209 e. The molecule has 0 spiro atoms. The van der Waals surface area contributed by atoms with E-state index >= 15 is 0 Å². The first-order chi connectivity index (χ1) is 11.2. The van der Waals surface area contributed by atoms with Gasteiger partial charge in [-0.15, -0.1) is 0 Å². The molecule has 1 heterocycles. The van der Waals surface area contributed by atoms with Crippen LogP contribution in [0.4, 0.5) is 5.69 Å². The summed E-state index contributed by atoms with van der Waals surface area (Å²) >= 11 is 0. The van der Waals surface area contributed by atoms with Gasteiger partial charge in [-0.25, -0.2) is 18.1 Å². The summed E-state index contributed by atoms with van der Waals surface area (Å²) in [6.07, 6.45) is 3.40. The summed E-state index contributed by atoms with van der Waals surface area (Å²) in [6.45, 7) is 3.89. The molecule has 0 fully saturated rings. The average molecular weight is 354 g/mol. The third-order valence-corrected chi connectivity index (χ3v) is 4.74. The van der Waals surface area contributed by atoms with Crippen LogP contribution in [0, 0.1) is 0 Å². The van der Waals surface area contributed by atoms with Crippen molar-refractivity contribution in [1.29, 1.82) is 0 Å². The Morgan fingerprint density at radius 2 is 2.12 bits per heavy atom. The third-order valence-electron chi connectivity index (χ3n) is 4.01. The number of nitrogens with two attached hydrogens (primary N) is 2. The zero-order valence-electron chi connectivity index (χ0n) is 14.3. The second kappa shape index (κ2) is 7.50. The van der Waals surface area contributed by atoms with E-state index in [9.17, 15) is 8.42 Å². The SMILES string of the molecule is CCCCC(NS(C)(=O)=O)C(N)c1ccc2c(c1)N=C(N)C(C)O2. The van der Waals surface area contributed by atoms with E-state index in [-0.39, 0.29) is 12.1 Å². The van der Waals surface area contributed by atoms with Gasteiger partial charge in [0.2, 0.25) is 10.0 Å². The van der Waals surface area contributed by atoms with E-state index < -0.39 is 16.1 Å². The minimum absolute atomic E-state index is 0.263. The van der Waals surface area contributed by atoms with Gasteiger partial charge >= 0.3 is 0 Å². The van der Waals surface area contributed by atoms with E-state index in [0.717, 1.165) is 24.7 Å². The maximum atomic E-state index is 11.6. The molecule has 24 heavy (non-hydrogen) atoms. The molecule has 0 saturated heterocycles. The van der Waals surface area contributed by atoms with Crippen LogP contribution in [-0.4, -0.2) is 32.7 Å². The van der Waals surface area contributed by atoms with E-state index in [4.69, 9.17) is 16.2 Å². The molecular formula is C16H26N4O3S. The number of ether oxygens (including phenoxy) is 1. The van der Waals surface area contributed by atoms with E-state index in [0.29, 0.717) is 23.7 Å². The molecule has 3 unspecified atom stereocenters. The van der Waals surface area contributed by atoms with Gasteiger partial charge in [-0.05, 0) is 31.0 Å². The van der Waals surface area contributed by atoms with E-state index in [1.54, 1.807) is 6.07 Å².